The molecule has 0 saturated heterocycles. The fourth-order valence-corrected chi connectivity index (χ4v) is 4.34. The van der Waals surface area contributed by atoms with E-state index in [1.165, 1.54) is 0 Å². The lowest BCUT2D eigenvalue weighted by Crippen LogP contribution is -2.41. The van der Waals surface area contributed by atoms with E-state index in [1.807, 2.05) is 32.9 Å². The van der Waals surface area contributed by atoms with Crippen molar-refractivity contribution in [2.45, 2.75) is 45.1 Å². The van der Waals surface area contributed by atoms with Gasteiger partial charge in [0.25, 0.3) is 0 Å². The SMILES string of the molecule is Cc1cc(Br)cc(C)c1S(=O)(=O)NC(C)(C)C. The van der Waals surface area contributed by atoms with E-state index in [-0.39, 0.29) is 0 Å². The lowest BCUT2D eigenvalue weighted by atomic mass is 10.1. The first kappa shape index (κ1) is 14.7. The summed E-state index contributed by atoms with van der Waals surface area (Å²) in [7, 11) is -3.47. The molecule has 0 aliphatic rings. The molecule has 17 heavy (non-hydrogen) atoms. The van der Waals surface area contributed by atoms with Crippen molar-refractivity contribution in [1.82, 2.24) is 4.72 Å². The monoisotopic (exact) mass is 319 g/mol. The molecule has 5 heteroatoms. The Bertz CT molecular complexity index is 507. The van der Waals surface area contributed by atoms with Crippen LogP contribution in [0.25, 0.3) is 0 Å². The maximum Gasteiger partial charge on any atom is 0.241 e. The van der Waals surface area contributed by atoms with Crippen LogP contribution in [0.3, 0.4) is 0 Å². The number of benzene rings is 1. The minimum absolute atomic E-state index is 0.371. The third kappa shape index (κ3) is 3.79. The van der Waals surface area contributed by atoms with Crippen molar-refractivity contribution >= 4 is 26.0 Å². The second-order valence-corrected chi connectivity index (χ2v) is 7.76. The molecule has 0 fully saturated rings. The first-order chi connectivity index (χ1) is 7.53. The molecular weight excluding hydrogens is 302 g/mol. The summed E-state index contributed by atoms with van der Waals surface area (Å²) < 4.78 is 28.1. The van der Waals surface area contributed by atoms with E-state index < -0.39 is 15.6 Å². The fraction of sp³-hybridized carbons (Fsp3) is 0.500. The molecule has 3 nitrogen and oxygen atoms in total. The molecule has 1 aromatic carbocycles. The van der Waals surface area contributed by atoms with Gasteiger partial charge in [0.15, 0.2) is 0 Å². The summed E-state index contributed by atoms with van der Waals surface area (Å²) in [6.07, 6.45) is 0. The minimum Gasteiger partial charge on any atom is -0.207 e. The predicted octanol–water partition coefficient (Wildman–Crippen LogP) is 3.14. The Labute approximate surface area is 112 Å². The fourth-order valence-electron chi connectivity index (χ4n) is 1.78. The molecule has 0 bridgehead atoms. The lowest BCUT2D eigenvalue weighted by Gasteiger charge is -2.22. The molecule has 0 aromatic heterocycles. The van der Waals surface area contributed by atoms with Gasteiger partial charge in [0.05, 0.1) is 4.90 Å². The average Bonchev–Trinajstić information content (AvgIpc) is 1.93. The van der Waals surface area contributed by atoms with Crippen molar-refractivity contribution in [3.63, 3.8) is 0 Å². The van der Waals surface area contributed by atoms with Crippen LogP contribution in [-0.4, -0.2) is 14.0 Å². The lowest BCUT2D eigenvalue weighted by molar-refractivity contribution is 0.491. The van der Waals surface area contributed by atoms with Gasteiger partial charge >= 0.3 is 0 Å². The molecule has 0 heterocycles. The molecule has 1 N–H and O–H groups in total. The highest BCUT2D eigenvalue weighted by Crippen LogP contribution is 2.25. The summed E-state index contributed by atoms with van der Waals surface area (Å²) in [6, 6.07) is 3.62. The first-order valence-electron chi connectivity index (χ1n) is 5.34. The Hall–Kier alpha value is -0.390. The smallest absolute Gasteiger partial charge is 0.207 e. The van der Waals surface area contributed by atoms with Crippen LogP contribution < -0.4 is 4.72 Å². The zero-order valence-corrected chi connectivity index (χ0v) is 13.2. The molecule has 96 valence electrons. The van der Waals surface area contributed by atoms with Gasteiger partial charge in [0.2, 0.25) is 10.0 Å². The van der Waals surface area contributed by atoms with Crippen LogP contribution in [-0.2, 0) is 10.0 Å². The largest absolute Gasteiger partial charge is 0.241 e. The van der Waals surface area contributed by atoms with E-state index in [9.17, 15) is 8.42 Å². The van der Waals surface area contributed by atoms with Gasteiger partial charge < -0.3 is 0 Å². The van der Waals surface area contributed by atoms with Crippen LogP contribution in [0.1, 0.15) is 31.9 Å². The molecule has 0 aliphatic heterocycles. The number of aryl methyl sites for hydroxylation is 2. The molecule has 0 atom stereocenters. The van der Waals surface area contributed by atoms with Crippen molar-refractivity contribution < 1.29 is 8.42 Å². The Kier molecular flexibility index (Phi) is 4.06. The molecular formula is C12H18BrNO2S. The standard InChI is InChI=1S/C12H18BrNO2S/c1-8-6-10(13)7-9(2)11(8)17(15,16)14-12(3,4)5/h6-7,14H,1-5H3. The molecule has 1 aromatic rings. The highest BCUT2D eigenvalue weighted by atomic mass is 79.9. The second kappa shape index (κ2) is 4.71. The summed E-state index contributed by atoms with van der Waals surface area (Å²) in [5.74, 6) is 0. The van der Waals surface area contributed by atoms with Gasteiger partial charge in [-0.25, -0.2) is 13.1 Å². The van der Waals surface area contributed by atoms with Gasteiger partial charge in [-0.2, -0.15) is 0 Å². The van der Waals surface area contributed by atoms with Crippen molar-refractivity contribution in [2.75, 3.05) is 0 Å². The van der Waals surface area contributed by atoms with Crippen LogP contribution in [0.2, 0.25) is 0 Å². The van der Waals surface area contributed by atoms with Crippen LogP contribution in [0, 0.1) is 13.8 Å². The molecule has 0 spiro atoms. The van der Waals surface area contributed by atoms with Crippen molar-refractivity contribution in [1.29, 1.82) is 0 Å². The van der Waals surface area contributed by atoms with Gasteiger partial charge in [-0.05, 0) is 57.9 Å². The van der Waals surface area contributed by atoms with E-state index in [4.69, 9.17) is 0 Å². The summed E-state index contributed by atoms with van der Waals surface area (Å²) in [5, 5.41) is 0. The summed E-state index contributed by atoms with van der Waals surface area (Å²) >= 11 is 3.36. The van der Waals surface area contributed by atoms with E-state index >= 15 is 0 Å². The summed E-state index contributed by atoms with van der Waals surface area (Å²) in [6.45, 7) is 9.08. The highest BCUT2D eigenvalue weighted by Gasteiger charge is 2.25. The van der Waals surface area contributed by atoms with Gasteiger partial charge in [-0.1, -0.05) is 15.9 Å². The maximum absolute atomic E-state index is 12.3. The molecule has 0 saturated carbocycles. The number of hydrogen-bond acceptors (Lipinski definition) is 2. The van der Waals surface area contributed by atoms with E-state index in [2.05, 4.69) is 20.7 Å². The Morgan fingerprint density at radius 2 is 1.53 bits per heavy atom. The van der Waals surface area contributed by atoms with Gasteiger partial charge in [-0.3, -0.25) is 0 Å². The number of rotatable bonds is 2. The quantitative estimate of drug-likeness (QED) is 0.910. The molecule has 0 unspecified atom stereocenters. The van der Waals surface area contributed by atoms with E-state index in [0.29, 0.717) is 4.90 Å². The van der Waals surface area contributed by atoms with Crippen LogP contribution >= 0.6 is 15.9 Å². The zero-order chi connectivity index (χ0) is 13.4. The van der Waals surface area contributed by atoms with Gasteiger partial charge in [0.1, 0.15) is 0 Å². The Balaban J connectivity index is 3.35. The second-order valence-electron chi connectivity index (χ2n) is 5.22. The third-order valence-electron chi connectivity index (χ3n) is 2.13. The number of sulfonamides is 1. The normalized spacial score (nSPS) is 12.8. The molecule has 1 rings (SSSR count). The van der Waals surface area contributed by atoms with Crippen molar-refractivity contribution in [3.8, 4) is 0 Å². The molecule has 0 amide bonds. The van der Waals surface area contributed by atoms with Crippen molar-refractivity contribution in [3.05, 3.63) is 27.7 Å². The Morgan fingerprint density at radius 3 is 1.88 bits per heavy atom. The third-order valence-corrected chi connectivity index (χ3v) is 4.65. The predicted molar refractivity (Wildman–Crippen MR) is 73.7 cm³/mol. The van der Waals surface area contributed by atoms with E-state index in [1.54, 1.807) is 13.8 Å². The van der Waals surface area contributed by atoms with Crippen molar-refractivity contribution in [2.24, 2.45) is 0 Å². The topological polar surface area (TPSA) is 46.2 Å². The van der Waals surface area contributed by atoms with Crippen LogP contribution in [0.15, 0.2) is 21.5 Å². The Morgan fingerprint density at radius 1 is 1.12 bits per heavy atom. The van der Waals surface area contributed by atoms with Gasteiger partial charge in [-0.15, -0.1) is 0 Å². The summed E-state index contributed by atoms with van der Waals surface area (Å²) in [5.41, 5.74) is 1.01. The molecule has 0 aliphatic carbocycles. The first-order valence-corrected chi connectivity index (χ1v) is 7.61. The zero-order valence-electron chi connectivity index (χ0n) is 10.8. The van der Waals surface area contributed by atoms with Crippen LogP contribution in [0.5, 0.6) is 0 Å². The van der Waals surface area contributed by atoms with E-state index in [0.717, 1.165) is 15.6 Å². The number of hydrogen-bond donors (Lipinski definition) is 1. The summed E-state index contributed by atoms with van der Waals surface area (Å²) in [4.78, 5) is 0.371. The highest BCUT2D eigenvalue weighted by molar-refractivity contribution is 9.10. The number of halogens is 1. The average molecular weight is 320 g/mol. The maximum atomic E-state index is 12.3. The number of nitrogens with one attached hydrogen (secondary N) is 1. The van der Waals surface area contributed by atoms with Gasteiger partial charge in [0, 0.05) is 10.0 Å². The minimum atomic E-state index is -3.47. The van der Waals surface area contributed by atoms with Crippen LogP contribution in [0.4, 0.5) is 0 Å². The molecule has 0 radical (unpaired) electrons.